The molecule has 0 heterocycles. The molecule has 20 heavy (non-hydrogen) atoms. The van der Waals surface area contributed by atoms with E-state index in [1.165, 1.54) is 19.2 Å². The van der Waals surface area contributed by atoms with Crippen molar-refractivity contribution < 1.29 is 13.5 Å². The van der Waals surface area contributed by atoms with Crippen molar-refractivity contribution in [3.05, 3.63) is 63.1 Å². The van der Waals surface area contributed by atoms with Gasteiger partial charge in [0.1, 0.15) is 17.4 Å². The molecule has 1 unspecified atom stereocenters. The van der Waals surface area contributed by atoms with E-state index in [4.69, 9.17) is 33.7 Å². The maximum Gasteiger partial charge on any atom is 0.138 e. The Morgan fingerprint density at radius 2 is 1.60 bits per heavy atom. The molecule has 0 bridgehead atoms. The molecule has 0 saturated carbocycles. The van der Waals surface area contributed by atoms with Crippen LogP contribution in [-0.4, -0.2) is 7.11 Å². The van der Waals surface area contributed by atoms with Crippen LogP contribution in [0.1, 0.15) is 17.2 Å². The lowest BCUT2D eigenvalue weighted by Gasteiger charge is -2.16. The van der Waals surface area contributed by atoms with Gasteiger partial charge in [0.05, 0.1) is 18.2 Å². The number of halogens is 4. The van der Waals surface area contributed by atoms with Crippen LogP contribution >= 0.6 is 23.2 Å². The Bertz CT molecular complexity index is 629. The second kappa shape index (κ2) is 5.95. The molecule has 6 heteroatoms. The summed E-state index contributed by atoms with van der Waals surface area (Å²) in [4.78, 5) is 0. The van der Waals surface area contributed by atoms with E-state index in [1.54, 1.807) is 0 Å². The predicted octanol–water partition coefficient (Wildman–Crippen LogP) is 4.33. The summed E-state index contributed by atoms with van der Waals surface area (Å²) in [5.74, 6) is -1.00. The monoisotopic (exact) mass is 317 g/mol. The number of benzene rings is 2. The van der Waals surface area contributed by atoms with Crippen LogP contribution in [0.2, 0.25) is 10.0 Å². The van der Waals surface area contributed by atoms with Gasteiger partial charge in [0.25, 0.3) is 0 Å². The molecular formula is C14H11Cl2F2NO. The molecule has 0 saturated heterocycles. The third-order valence-corrected chi connectivity index (χ3v) is 3.47. The van der Waals surface area contributed by atoms with E-state index in [-0.39, 0.29) is 5.56 Å². The summed E-state index contributed by atoms with van der Waals surface area (Å²) in [6.45, 7) is 0. The van der Waals surface area contributed by atoms with Crippen LogP contribution in [0.5, 0.6) is 5.75 Å². The molecule has 0 amide bonds. The van der Waals surface area contributed by atoms with E-state index in [2.05, 4.69) is 0 Å². The summed E-state index contributed by atoms with van der Waals surface area (Å²) in [6.07, 6.45) is 0. The average Bonchev–Trinajstić information content (AvgIpc) is 2.39. The van der Waals surface area contributed by atoms with Gasteiger partial charge >= 0.3 is 0 Å². The highest BCUT2D eigenvalue weighted by Crippen LogP contribution is 2.35. The molecule has 0 aliphatic carbocycles. The van der Waals surface area contributed by atoms with Crippen LogP contribution < -0.4 is 10.5 Å². The number of methoxy groups -OCH3 is 1. The molecule has 0 aromatic heterocycles. The van der Waals surface area contributed by atoms with Crippen molar-refractivity contribution in [1.82, 2.24) is 0 Å². The number of hydrogen-bond donors (Lipinski definition) is 1. The molecule has 2 N–H and O–H groups in total. The lowest BCUT2D eigenvalue weighted by molar-refractivity contribution is 0.415. The first-order valence-corrected chi connectivity index (χ1v) is 6.42. The minimum absolute atomic E-state index is 0.269. The number of nitrogens with two attached hydrogens (primary N) is 1. The maximum absolute atomic E-state index is 13.2. The lowest BCUT2D eigenvalue weighted by atomic mass is 9.99. The third kappa shape index (κ3) is 3.03. The fourth-order valence-electron chi connectivity index (χ4n) is 1.87. The summed E-state index contributed by atoms with van der Waals surface area (Å²) in [7, 11) is 1.46. The second-order valence-electron chi connectivity index (χ2n) is 4.19. The maximum atomic E-state index is 13.2. The minimum atomic E-state index is -0.795. The smallest absolute Gasteiger partial charge is 0.138 e. The van der Waals surface area contributed by atoms with Gasteiger partial charge in [-0.2, -0.15) is 0 Å². The Morgan fingerprint density at radius 1 is 1.00 bits per heavy atom. The highest BCUT2D eigenvalue weighted by molar-refractivity contribution is 6.34. The van der Waals surface area contributed by atoms with Gasteiger partial charge in [-0.1, -0.05) is 23.2 Å². The van der Waals surface area contributed by atoms with Crippen LogP contribution in [0.3, 0.4) is 0 Å². The van der Waals surface area contributed by atoms with Crippen molar-refractivity contribution in [2.24, 2.45) is 5.73 Å². The van der Waals surface area contributed by atoms with Gasteiger partial charge in [0.2, 0.25) is 0 Å². The molecule has 0 radical (unpaired) electrons. The quantitative estimate of drug-likeness (QED) is 0.914. The van der Waals surface area contributed by atoms with E-state index in [0.29, 0.717) is 21.4 Å². The molecule has 2 aromatic carbocycles. The standard InChI is InChI=1S/C14H11Cl2F2NO/c1-20-13-6-11(15)10(5-12(13)16)14(19)7-2-8(17)4-9(18)3-7/h2-6,14H,19H2,1H3. The van der Waals surface area contributed by atoms with Crippen LogP contribution in [0, 0.1) is 11.6 Å². The summed E-state index contributed by atoms with van der Waals surface area (Å²) in [6, 6.07) is 5.32. The van der Waals surface area contributed by atoms with Crippen molar-refractivity contribution in [3.8, 4) is 5.75 Å². The molecule has 2 rings (SSSR count). The Morgan fingerprint density at radius 3 is 2.15 bits per heavy atom. The fraction of sp³-hybridized carbons (Fsp3) is 0.143. The van der Waals surface area contributed by atoms with Crippen LogP contribution in [0.4, 0.5) is 8.78 Å². The van der Waals surface area contributed by atoms with E-state index in [9.17, 15) is 8.78 Å². The van der Waals surface area contributed by atoms with Crippen molar-refractivity contribution in [3.63, 3.8) is 0 Å². The van der Waals surface area contributed by atoms with Gasteiger partial charge < -0.3 is 10.5 Å². The molecule has 0 aliphatic heterocycles. The van der Waals surface area contributed by atoms with Gasteiger partial charge in [-0.05, 0) is 29.3 Å². The first kappa shape index (κ1) is 15.0. The summed E-state index contributed by atoms with van der Waals surface area (Å²) >= 11 is 12.1. The second-order valence-corrected chi connectivity index (χ2v) is 5.00. The first-order chi connectivity index (χ1) is 9.42. The fourth-order valence-corrected chi connectivity index (χ4v) is 2.39. The van der Waals surface area contributed by atoms with Crippen LogP contribution in [0.25, 0.3) is 0 Å². The van der Waals surface area contributed by atoms with Crippen molar-refractivity contribution in [1.29, 1.82) is 0 Å². The molecule has 2 aromatic rings. The number of ether oxygens (including phenoxy) is 1. The van der Waals surface area contributed by atoms with Gasteiger partial charge in [-0.15, -0.1) is 0 Å². The summed E-state index contributed by atoms with van der Waals surface area (Å²) < 4.78 is 31.5. The Hall–Kier alpha value is -1.36. The SMILES string of the molecule is COc1cc(Cl)c(C(N)c2cc(F)cc(F)c2)cc1Cl. The van der Waals surface area contributed by atoms with Crippen LogP contribution in [-0.2, 0) is 0 Å². The highest BCUT2D eigenvalue weighted by Gasteiger charge is 2.17. The largest absolute Gasteiger partial charge is 0.495 e. The van der Waals surface area contributed by atoms with Crippen molar-refractivity contribution in [2.75, 3.05) is 7.11 Å². The molecular weight excluding hydrogens is 307 g/mol. The molecule has 1 atom stereocenters. The molecule has 0 fully saturated rings. The lowest BCUT2D eigenvalue weighted by Crippen LogP contribution is -2.13. The number of hydrogen-bond acceptors (Lipinski definition) is 2. The predicted molar refractivity (Wildman–Crippen MR) is 75.4 cm³/mol. The average molecular weight is 318 g/mol. The molecule has 2 nitrogen and oxygen atoms in total. The Balaban J connectivity index is 2.47. The molecule has 106 valence electrons. The van der Waals surface area contributed by atoms with Gasteiger partial charge in [0.15, 0.2) is 0 Å². The molecule has 0 aliphatic rings. The first-order valence-electron chi connectivity index (χ1n) is 5.67. The van der Waals surface area contributed by atoms with E-state index in [1.807, 2.05) is 0 Å². The normalized spacial score (nSPS) is 12.3. The topological polar surface area (TPSA) is 35.2 Å². The minimum Gasteiger partial charge on any atom is -0.495 e. The van der Waals surface area contributed by atoms with Crippen molar-refractivity contribution >= 4 is 23.2 Å². The summed E-state index contributed by atoms with van der Waals surface area (Å²) in [5, 5.41) is 0.627. The zero-order valence-electron chi connectivity index (χ0n) is 10.5. The van der Waals surface area contributed by atoms with Gasteiger partial charge in [-0.3, -0.25) is 0 Å². The summed E-state index contributed by atoms with van der Waals surface area (Å²) in [5.41, 5.74) is 6.73. The highest BCUT2D eigenvalue weighted by atomic mass is 35.5. The Labute approximate surface area is 125 Å². The zero-order chi connectivity index (χ0) is 14.9. The van der Waals surface area contributed by atoms with E-state index >= 15 is 0 Å². The van der Waals surface area contributed by atoms with E-state index in [0.717, 1.165) is 18.2 Å². The van der Waals surface area contributed by atoms with Gasteiger partial charge in [-0.25, -0.2) is 8.78 Å². The third-order valence-electron chi connectivity index (χ3n) is 2.85. The molecule has 0 spiro atoms. The zero-order valence-corrected chi connectivity index (χ0v) is 12.0. The van der Waals surface area contributed by atoms with Gasteiger partial charge in [0, 0.05) is 17.2 Å². The number of rotatable bonds is 3. The Kier molecular flexibility index (Phi) is 4.48. The van der Waals surface area contributed by atoms with E-state index < -0.39 is 17.7 Å². The van der Waals surface area contributed by atoms with Crippen molar-refractivity contribution in [2.45, 2.75) is 6.04 Å². The van der Waals surface area contributed by atoms with Crippen LogP contribution in [0.15, 0.2) is 30.3 Å².